The van der Waals surface area contributed by atoms with Crippen LogP contribution in [0.3, 0.4) is 0 Å². The summed E-state index contributed by atoms with van der Waals surface area (Å²) in [6.45, 7) is 6.28. The van der Waals surface area contributed by atoms with E-state index in [1.807, 2.05) is 0 Å². The van der Waals surface area contributed by atoms with E-state index < -0.39 is 0 Å². The number of hydrogen-bond donors (Lipinski definition) is 1. The second-order valence-corrected chi connectivity index (χ2v) is 7.45. The highest BCUT2D eigenvalue weighted by Crippen LogP contribution is 2.46. The summed E-state index contributed by atoms with van der Waals surface area (Å²) in [7, 11) is 1.54. The lowest BCUT2D eigenvalue weighted by molar-refractivity contribution is -0.151. The van der Waals surface area contributed by atoms with E-state index in [0.29, 0.717) is 29.8 Å². The number of carbonyl (C=O) groups is 1. The number of nitrogens with one attached hydrogen (secondary N) is 1. The molecular weight excluding hydrogens is 262 g/mol. The predicted octanol–water partition coefficient (Wildman–Crippen LogP) is 3.30. The molecule has 21 heavy (non-hydrogen) atoms. The van der Waals surface area contributed by atoms with E-state index in [-0.39, 0.29) is 11.9 Å². The van der Waals surface area contributed by atoms with Gasteiger partial charge in [0.2, 0.25) is 0 Å². The van der Waals surface area contributed by atoms with Crippen LogP contribution >= 0.6 is 0 Å². The molecule has 0 spiro atoms. The van der Waals surface area contributed by atoms with E-state index >= 15 is 0 Å². The first kappa shape index (κ1) is 15.1. The fourth-order valence-corrected chi connectivity index (χ4v) is 5.09. The van der Waals surface area contributed by atoms with Gasteiger partial charge < -0.3 is 10.1 Å². The standard InChI is InChI=1S/C18H29NO2/c1-11(2)12-4-6-13(7-5-12)15-10-14-8-9-16(19-14)17(15)18(20)21-3/h12-17,19H,1,4-10H2,2-3H3/t12?,13?,14-,15-,16?,17?/m1/s1. The molecule has 3 heteroatoms. The Morgan fingerprint density at radius 1 is 1.14 bits per heavy atom. The molecule has 3 fully saturated rings. The van der Waals surface area contributed by atoms with Crippen LogP contribution in [-0.2, 0) is 9.53 Å². The van der Waals surface area contributed by atoms with Gasteiger partial charge in [-0.15, -0.1) is 0 Å². The Labute approximate surface area is 128 Å². The molecule has 0 aromatic carbocycles. The van der Waals surface area contributed by atoms with Gasteiger partial charge in [0.05, 0.1) is 13.0 Å². The zero-order valence-electron chi connectivity index (χ0n) is 13.4. The van der Waals surface area contributed by atoms with Crippen molar-refractivity contribution < 1.29 is 9.53 Å². The monoisotopic (exact) mass is 291 g/mol. The van der Waals surface area contributed by atoms with Crippen LogP contribution in [0.2, 0.25) is 0 Å². The zero-order valence-corrected chi connectivity index (χ0v) is 13.4. The van der Waals surface area contributed by atoms with Crippen molar-refractivity contribution in [2.75, 3.05) is 7.11 Å². The number of hydrogen-bond acceptors (Lipinski definition) is 3. The maximum atomic E-state index is 12.3. The van der Waals surface area contributed by atoms with Gasteiger partial charge in [-0.1, -0.05) is 12.2 Å². The molecule has 3 nitrogen and oxygen atoms in total. The van der Waals surface area contributed by atoms with Crippen molar-refractivity contribution in [1.29, 1.82) is 0 Å². The van der Waals surface area contributed by atoms with Gasteiger partial charge in [-0.05, 0) is 69.6 Å². The van der Waals surface area contributed by atoms with Gasteiger partial charge in [0.1, 0.15) is 0 Å². The maximum absolute atomic E-state index is 12.3. The first-order chi connectivity index (χ1) is 10.1. The van der Waals surface area contributed by atoms with Gasteiger partial charge in [0, 0.05) is 12.1 Å². The quantitative estimate of drug-likeness (QED) is 0.640. The van der Waals surface area contributed by atoms with Crippen LogP contribution in [0.1, 0.15) is 51.9 Å². The number of esters is 1. The van der Waals surface area contributed by atoms with Gasteiger partial charge in [-0.25, -0.2) is 0 Å². The predicted molar refractivity (Wildman–Crippen MR) is 83.8 cm³/mol. The molecule has 2 unspecified atom stereocenters. The Kier molecular flexibility index (Phi) is 4.39. The van der Waals surface area contributed by atoms with Crippen molar-refractivity contribution in [3.05, 3.63) is 12.2 Å². The van der Waals surface area contributed by atoms with Crippen molar-refractivity contribution in [3.8, 4) is 0 Å². The second-order valence-electron chi connectivity index (χ2n) is 7.45. The molecule has 2 heterocycles. The zero-order chi connectivity index (χ0) is 15.0. The van der Waals surface area contributed by atoms with E-state index in [1.165, 1.54) is 44.1 Å². The third kappa shape index (κ3) is 2.90. The maximum Gasteiger partial charge on any atom is 0.310 e. The number of piperidine rings is 1. The Morgan fingerprint density at radius 3 is 2.48 bits per heavy atom. The molecule has 0 amide bonds. The van der Waals surface area contributed by atoms with Gasteiger partial charge in [0.15, 0.2) is 0 Å². The largest absolute Gasteiger partial charge is 0.469 e. The Morgan fingerprint density at radius 2 is 1.86 bits per heavy atom. The summed E-state index contributed by atoms with van der Waals surface area (Å²) < 4.78 is 5.13. The van der Waals surface area contributed by atoms with Crippen molar-refractivity contribution in [2.45, 2.75) is 64.0 Å². The Hall–Kier alpha value is -0.830. The van der Waals surface area contributed by atoms with E-state index in [1.54, 1.807) is 7.11 Å². The van der Waals surface area contributed by atoms with E-state index in [4.69, 9.17) is 4.74 Å². The minimum atomic E-state index is 0.0138. The molecule has 0 aromatic rings. The van der Waals surface area contributed by atoms with Gasteiger partial charge in [-0.2, -0.15) is 0 Å². The van der Waals surface area contributed by atoms with Crippen molar-refractivity contribution in [2.24, 2.45) is 23.7 Å². The van der Waals surface area contributed by atoms with Crippen molar-refractivity contribution in [3.63, 3.8) is 0 Å². The molecule has 1 aliphatic carbocycles. The van der Waals surface area contributed by atoms with Gasteiger partial charge >= 0.3 is 5.97 Å². The summed E-state index contributed by atoms with van der Waals surface area (Å²) in [5.74, 6) is 2.04. The number of rotatable bonds is 3. The lowest BCUT2D eigenvalue weighted by Crippen LogP contribution is -2.51. The fourth-order valence-electron chi connectivity index (χ4n) is 5.09. The summed E-state index contributed by atoms with van der Waals surface area (Å²) in [6.07, 6.45) is 8.57. The van der Waals surface area contributed by atoms with Crippen LogP contribution in [0.5, 0.6) is 0 Å². The topological polar surface area (TPSA) is 38.3 Å². The molecular formula is C18H29NO2. The summed E-state index contributed by atoms with van der Waals surface area (Å²) in [6, 6.07) is 1.000. The minimum Gasteiger partial charge on any atom is -0.469 e. The van der Waals surface area contributed by atoms with Crippen molar-refractivity contribution >= 4 is 5.97 Å². The normalized spacial score (nSPS) is 42.6. The first-order valence-electron chi connectivity index (χ1n) is 8.59. The van der Waals surface area contributed by atoms with E-state index in [9.17, 15) is 4.79 Å². The highest BCUT2D eigenvalue weighted by Gasteiger charge is 2.48. The number of ether oxygens (including phenoxy) is 1. The number of methoxy groups -OCH3 is 1. The average Bonchev–Trinajstić information content (AvgIpc) is 2.88. The van der Waals surface area contributed by atoms with Gasteiger partial charge in [0.25, 0.3) is 0 Å². The number of fused-ring (bicyclic) bond motifs is 2. The van der Waals surface area contributed by atoms with Crippen LogP contribution in [-0.4, -0.2) is 25.2 Å². The molecule has 2 saturated heterocycles. The molecule has 4 atom stereocenters. The molecule has 1 saturated carbocycles. The second kappa shape index (κ2) is 6.12. The fraction of sp³-hybridized carbons (Fsp3) is 0.833. The number of allylic oxidation sites excluding steroid dienone is 1. The highest BCUT2D eigenvalue weighted by molar-refractivity contribution is 5.74. The minimum absolute atomic E-state index is 0.0138. The Bertz CT molecular complexity index is 411. The third-order valence-corrected chi connectivity index (χ3v) is 6.27. The molecule has 0 radical (unpaired) electrons. The number of carbonyl (C=O) groups excluding carboxylic acids is 1. The first-order valence-corrected chi connectivity index (χ1v) is 8.59. The van der Waals surface area contributed by atoms with Gasteiger partial charge in [-0.3, -0.25) is 4.79 Å². The summed E-state index contributed by atoms with van der Waals surface area (Å²) in [5.41, 5.74) is 1.34. The van der Waals surface area contributed by atoms with Crippen LogP contribution in [0.4, 0.5) is 0 Å². The lowest BCUT2D eigenvalue weighted by Gasteiger charge is -2.42. The summed E-state index contributed by atoms with van der Waals surface area (Å²) >= 11 is 0. The van der Waals surface area contributed by atoms with Crippen LogP contribution in [0.15, 0.2) is 12.2 Å². The SMILES string of the molecule is C=C(C)C1CCC([C@H]2C[C@H]3CCC(N3)C2C(=O)OC)CC1. The summed E-state index contributed by atoms with van der Waals surface area (Å²) in [5, 5.41) is 3.64. The lowest BCUT2D eigenvalue weighted by atomic mass is 9.66. The molecule has 2 aliphatic heterocycles. The third-order valence-electron chi connectivity index (χ3n) is 6.27. The Balaban J connectivity index is 1.70. The highest BCUT2D eigenvalue weighted by atomic mass is 16.5. The van der Waals surface area contributed by atoms with Crippen LogP contribution in [0, 0.1) is 23.7 Å². The smallest absolute Gasteiger partial charge is 0.310 e. The van der Waals surface area contributed by atoms with Crippen LogP contribution < -0.4 is 5.32 Å². The summed E-state index contributed by atoms with van der Waals surface area (Å²) in [4.78, 5) is 12.3. The average molecular weight is 291 g/mol. The molecule has 1 N–H and O–H groups in total. The van der Waals surface area contributed by atoms with Crippen molar-refractivity contribution in [1.82, 2.24) is 5.32 Å². The molecule has 118 valence electrons. The van der Waals surface area contributed by atoms with E-state index in [0.717, 1.165) is 6.42 Å². The molecule has 3 aliphatic rings. The molecule has 0 aromatic heterocycles. The molecule has 2 bridgehead atoms. The van der Waals surface area contributed by atoms with E-state index in [2.05, 4.69) is 18.8 Å². The molecule has 3 rings (SSSR count). The van der Waals surface area contributed by atoms with Crippen LogP contribution in [0.25, 0.3) is 0 Å².